The zero-order valence-electron chi connectivity index (χ0n) is 11.9. The molecule has 7 nitrogen and oxygen atoms in total. The lowest BCUT2D eigenvalue weighted by atomic mass is 10.2. The molecule has 0 saturated heterocycles. The van der Waals surface area contributed by atoms with Crippen LogP contribution in [-0.4, -0.2) is 42.0 Å². The Bertz CT molecular complexity index is 728. The maximum atomic E-state index is 11.7. The molecule has 0 bridgehead atoms. The van der Waals surface area contributed by atoms with Gasteiger partial charge in [-0.25, -0.2) is 16.8 Å². The summed E-state index contributed by atoms with van der Waals surface area (Å²) in [7, 11) is -6.77. The summed E-state index contributed by atoms with van der Waals surface area (Å²) < 4.78 is 56.0. The van der Waals surface area contributed by atoms with Crippen LogP contribution in [0.5, 0.6) is 5.75 Å². The molecule has 1 aliphatic rings. The minimum atomic E-state index is -3.39. The summed E-state index contributed by atoms with van der Waals surface area (Å²) in [6.45, 7) is 2.25. The minimum absolute atomic E-state index is 0.0282. The third-order valence-electron chi connectivity index (χ3n) is 2.93. The quantitative estimate of drug-likeness (QED) is 0.867. The van der Waals surface area contributed by atoms with E-state index in [1.807, 2.05) is 0 Å². The second-order valence-electron chi connectivity index (χ2n) is 4.79. The molecule has 1 aromatic rings. The van der Waals surface area contributed by atoms with Crippen LogP contribution in [0.3, 0.4) is 0 Å². The van der Waals surface area contributed by atoms with Gasteiger partial charge in [0.1, 0.15) is 12.4 Å². The molecule has 0 radical (unpaired) electrons. The Kier molecular flexibility index (Phi) is 4.33. The molecule has 9 heteroatoms. The van der Waals surface area contributed by atoms with E-state index in [2.05, 4.69) is 4.72 Å². The number of hydrogen-bond donors (Lipinski definition) is 1. The number of anilines is 2. The van der Waals surface area contributed by atoms with Crippen LogP contribution >= 0.6 is 0 Å². The highest BCUT2D eigenvalue weighted by Crippen LogP contribution is 2.35. The molecule has 21 heavy (non-hydrogen) atoms. The highest BCUT2D eigenvalue weighted by atomic mass is 32.2. The Morgan fingerprint density at radius 2 is 2.00 bits per heavy atom. The van der Waals surface area contributed by atoms with Crippen LogP contribution in [0, 0.1) is 0 Å². The van der Waals surface area contributed by atoms with Gasteiger partial charge in [-0.3, -0.25) is 9.03 Å². The van der Waals surface area contributed by atoms with Crippen molar-refractivity contribution in [2.45, 2.75) is 13.3 Å². The lowest BCUT2D eigenvalue weighted by Gasteiger charge is -2.29. The molecule has 0 saturated carbocycles. The Morgan fingerprint density at radius 3 is 2.62 bits per heavy atom. The summed E-state index contributed by atoms with van der Waals surface area (Å²) in [5.41, 5.74) is 0.778. The summed E-state index contributed by atoms with van der Waals surface area (Å²) >= 11 is 0. The first-order chi connectivity index (χ1) is 9.73. The molecule has 1 N–H and O–H groups in total. The molecule has 1 aromatic carbocycles. The molecular formula is C12H18N2O5S2. The maximum absolute atomic E-state index is 11.7. The van der Waals surface area contributed by atoms with Gasteiger partial charge in [-0.2, -0.15) is 0 Å². The van der Waals surface area contributed by atoms with Gasteiger partial charge in [0.25, 0.3) is 0 Å². The molecule has 0 unspecified atom stereocenters. The Morgan fingerprint density at radius 1 is 1.29 bits per heavy atom. The SMILES string of the molecule is CCCS(=O)(=O)Nc1ccc2c(c1)OCCN2S(C)(=O)=O. The van der Waals surface area contributed by atoms with Crippen molar-refractivity contribution in [3.63, 3.8) is 0 Å². The van der Waals surface area contributed by atoms with Crippen LogP contribution < -0.4 is 13.8 Å². The predicted octanol–water partition coefficient (Wildman–Crippen LogP) is 0.997. The Labute approximate surface area is 125 Å². The summed E-state index contributed by atoms with van der Waals surface area (Å²) in [6.07, 6.45) is 1.64. The fourth-order valence-corrected chi connectivity index (χ4v) is 4.14. The van der Waals surface area contributed by atoms with Gasteiger partial charge in [0, 0.05) is 6.07 Å². The van der Waals surface area contributed by atoms with Gasteiger partial charge in [-0.05, 0) is 18.6 Å². The molecule has 1 aliphatic heterocycles. The van der Waals surface area contributed by atoms with Crippen molar-refractivity contribution in [1.82, 2.24) is 0 Å². The van der Waals surface area contributed by atoms with Gasteiger partial charge < -0.3 is 4.74 Å². The van der Waals surface area contributed by atoms with E-state index in [0.29, 0.717) is 23.5 Å². The molecule has 0 atom stereocenters. The van der Waals surface area contributed by atoms with Gasteiger partial charge in [0.2, 0.25) is 20.0 Å². The summed E-state index contributed by atoms with van der Waals surface area (Å²) in [5, 5.41) is 0. The third kappa shape index (κ3) is 3.79. The Hall–Kier alpha value is -1.48. The highest BCUT2D eigenvalue weighted by Gasteiger charge is 2.25. The second kappa shape index (κ2) is 5.72. The first kappa shape index (κ1) is 15.9. The average Bonchev–Trinajstić information content (AvgIpc) is 2.36. The number of hydrogen-bond acceptors (Lipinski definition) is 5. The van der Waals surface area contributed by atoms with E-state index in [1.54, 1.807) is 13.0 Å². The summed E-state index contributed by atoms with van der Waals surface area (Å²) in [4.78, 5) is 0. The van der Waals surface area contributed by atoms with E-state index in [1.165, 1.54) is 16.4 Å². The van der Waals surface area contributed by atoms with Crippen LogP contribution in [-0.2, 0) is 20.0 Å². The standard InChI is InChI=1S/C12H18N2O5S2/c1-3-8-21(17,18)13-10-4-5-11-12(9-10)19-7-6-14(11)20(2,15)16/h4-5,9,13H,3,6-8H2,1-2H3. The van der Waals surface area contributed by atoms with Crippen LogP contribution in [0.25, 0.3) is 0 Å². The van der Waals surface area contributed by atoms with E-state index in [4.69, 9.17) is 4.74 Å². The van der Waals surface area contributed by atoms with Crippen LogP contribution in [0.2, 0.25) is 0 Å². The van der Waals surface area contributed by atoms with Gasteiger partial charge >= 0.3 is 0 Å². The van der Waals surface area contributed by atoms with Crippen molar-refractivity contribution in [3.05, 3.63) is 18.2 Å². The molecule has 0 amide bonds. The topological polar surface area (TPSA) is 92.8 Å². The number of fused-ring (bicyclic) bond motifs is 1. The zero-order chi connectivity index (χ0) is 15.7. The van der Waals surface area contributed by atoms with Crippen LogP contribution in [0.15, 0.2) is 18.2 Å². The van der Waals surface area contributed by atoms with Gasteiger partial charge in [0.15, 0.2) is 0 Å². The minimum Gasteiger partial charge on any atom is -0.489 e. The Balaban J connectivity index is 2.32. The van der Waals surface area contributed by atoms with Crippen molar-refractivity contribution < 1.29 is 21.6 Å². The van der Waals surface area contributed by atoms with Crippen molar-refractivity contribution in [1.29, 1.82) is 0 Å². The molecular weight excluding hydrogens is 316 g/mol. The van der Waals surface area contributed by atoms with E-state index < -0.39 is 20.0 Å². The fourth-order valence-electron chi connectivity index (χ4n) is 2.10. The fraction of sp³-hybridized carbons (Fsp3) is 0.500. The second-order valence-corrected chi connectivity index (χ2v) is 8.54. The lowest BCUT2D eigenvalue weighted by Crippen LogP contribution is -2.37. The van der Waals surface area contributed by atoms with Gasteiger partial charge in [0.05, 0.1) is 29.9 Å². The monoisotopic (exact) mass is 334 g/mol. The number of nitrogens with zero attached hydrogens (tertiary/aromatic N) is 1. The third-order valence-corrected chi connectivity index (χ3v) is 5.60. The average molecular weight is 334 g/mol. The molecule has 118 valence electrons. The van der Waals surface area contributed by atoms with E-state index >= 15 is 0 Å². The van der Waals surface area contributed by atoms with Crippen molar-refractivity contribution in [2.75, 3.05) is 34.2 Å². The van der Waals surface area contributed by atoms with Crippen molar-refractivity contribution in [2.24, 2.45) is 0 Å². The maximum Gasteiger partial charge on any atom is 0.232 e. The predicted molar refractivity (Wildman–Crippen MR) is 81.8 cm³/mol. The molecule has 0 aromatic heterocycles. The van der Waals surface area contributed by atoms with Crippen molar-refractivity contribution >= 4 is 31.4 Å². The number of sulfonamides is 2. The van der Waals surface area contributed by atoms with Gasteiger partial charge in [-0.1, -0.05) is 6.92 Å². The number of ether oxygens (including phenoxy) is 1. The van der Waals surface area contributed by atoms with Gasteiger partial charge in [-0.15, -0.1) is 0 Å². The smallest absolute Gasteiger partial charge is 0.232 e. The lowest BCUT2D eigenvalue weighted by molar-refractivity contribution is 0.316. The van der Waals surface area contributed by atoms with Crippen molar-refractivity contribution in [3.8, 4) is 5.75 Å². The highest BCUT2D eigenvalue weighted by molar-refractivity contribution is 7.92. The van der Waals surface area contributed by atoms with E-state index in [0.717, 1.165) is 6.26 Å². The summed E-state index contributed by atoms with van der Waals surface area (Å²) in [5.74, 6) is 0.379. The van der Waals surface area contributed by atoms with E-state index in [-0.39, 0.29) is 18.9 Å². The first-order valence-corrected chi connectivity index (χ1v) is 9.98. The number of nitrogens with one attached hydrogen (secondary N) is 1. The first-order valence-electron chi connectivity index (χ1n) is 6.48. The molecule has 0 fully saturated rings. The molecule has 0 aliphatic carbocycles. The van der Waals surface area contributed by atoms with Crippen LogP contribution in [0.4, 0.5) is 11.4 Å². The normalized spacial score (nSPS) is 15.2. The largest absolute Gasteiger partial charge is 0.489 e. The number of benzene rings is 1. The summed E-state index contributed by atoms with van der Waals surface area (Å²) in [6, 6.07) is 4.57. The van der Waals surface area contributed by atoms with Crippen LogP contribution in [0.1, 0.15) is 13.3 Å². The van der Waals surface area contributed by atoms with E-state index in [9.17, 15) is 16.8 Å². The molecule has 2 rings (SSSR count). The zero-order valence-corrected chi connectivity index (χ0v) is 13.5. The molecule has 0 spiro atoms. The molecule has 1 heterocycles. The number of rotatable bonds is 5.